The molecule has 1 N–H and O–H groups in total. The number of aliphatic hydroxyl groups is 1. The quantitative estimate of drug-likeness (QED) is 0.827. The summed E-state index contributed by atoms with van der Waals surface area (Å²) in [6.45, 7) is 0.479. The Hall–Kier alpha value is -2.21. The molecule has 0 saturated heterocycles. The van der Waals surface area contributed by atoms with Crippen LogP contribution in [0.15, 0.2) is 46.1 Å². The van der Waals surface area contributed by atoms with E-state index in [1.165, 1.54) is 41.1 Å². The topological polar surface area (TPSA) is 64.2 Å². The van der Waals surface area contributed by atoms with E-state index in [1.54, 1.807) is 0 Å². The van der Waals surface area contributed by atoms with Crippen molar-refractivity contribution in [3.05, 3.63) is 63.2 Å². The fourth-order valence-corrected chi connectivity index (χ4v) is 1.91. The van der Waals surface area contributed by atoms with E-state index in [9.17, 15) is 14.0 Å². The molecule has 0 saturated carbocycles. The molecular formula is C14H15FN2O3. The van der Waals surface area contributed by atoms with Crippen LogP contribution in [0.3, 0.4) is 0 Å². The molecule has 20 heavy (non-hydrogen) atoms. The van der Waals surface area contributed by atoms with Gasteiger partial charge in [-0.05, 0) is 37.1 Å². The van der Waals surface area contributed by atoms with Crippen molar-refractivity contribution in [3.63, 3.8) is 0 Å². The Bertz CT molecular complexity index is 689. The number of halogens is 1. The molecule has 0 bridgehead atoms. The van der Waals surface area contributed by atoms with Crippen molar-refractivity contribution < 1.29 is 9.50 Å². The van der Waals surface area contributed by atoms with Gasteiger partial charge < -0.3 is 9.67 Å². The second-order valence-corrected chi connectivity index (χ2v) is 4.37. The second-order valence-electron chi connectivity index (χ2n) is 4.37. The van der Waals surface area contributed by atoms with E-state index in [1.807, 2.05) is 0 Å². The number of unbranched alkanes of at least 4 members (excludes halogenated alkanes) is 1. The summed E-state index contributed by atoms with van der Waals surface area (Å²) in [6, 6.07) is 6.46. The van der Waals surface area contributed by atoms with Gasteiger partial charge in [0.2, 0.25) is 0 Å². The molecule has 2 aromatic rings. The second kappa shape index (κ2) is 6.29. The lowest BCUT2D eigenvalue weighted by Gasteiger charge is -2.09. The van der Waals surface area contributed by atoms with Crippen LogP contribution in [0.25, 0.3) is 5.69 Å². The molecule has 1 aromatic carbocycles. The first-order valence-corrected chi connectivity index (χ1v) is 6.33. The molecule has 2 rings (SSSR count). The van der Waals surface area contributed by atoms with E-state index in [4.69, 9.17) is 5.11 Å². The third-order valence-corrected chi connectivity index (χ3v) is 2.95. The first-order valence-electron chi connectivity index (χ1n) is 6.33. The van der Waals surface area contributed by atoms with Gasteiger partial charge >= 0.3 is 5.69 Å². The first-order chi connectivity index (χ1) is 9.63. The van der Waals surface area contributed by atoms with Gasteiger partial charge in [0.15, 0.2) is 0 Å². The highest BCUT2D eigenvalue weighted by Crippen LogP contribution is 2.04. The smallest absolute Gasteiger partial charge is 0.335 e. The Morgan fingerprint density at radius 3 is 2.40 bits per heavy atom. The van der Waals surface area contributed by atoms with Crippen molar-refractivity contribution in [3.8, 4) is 5.69 Å². The van der Waals surface area contributed by atoms with Gasteiger partial charge in [-0.1, -0.05) is 0 Å². The van der Waals surface area contributed by atoms with Gasteiger partial charge in [-0.15, -0.1) is 0 Å². The largest absolute Gasteiger partial charge is 0.396 e. The van der Waals surface area contributed by atoms with Crippen LogP contribution in [0, 0.1) is 5.82 Å². The fraction of sp³-hybridized carbons (Fsp3) is 0.286. The van der Waals surface area contributed by atoms with E-state index in [2.05, 4.69) is 0 Å². The van der Waals surface area contributed by atoms with E-state index in [0.717, 1.165) is 4.57 Å². The molecule has 0 aliphatic carbocycles. The molecule has 0 radical (unpaired) electrons. The maximum Gasteiger partial charge on any atom is 0.335 e. The molecule has 6 heteroatoms. The maximum atomic E-state index is 12.9. The van der Waals surface area contributed by atoms with Crippen LogP contribution < -0.4 is 11.2 Å². The zero-order valence-corrected chi connectivity index (χ0v) is 10.8. The summed E-state index contributed by atoms with van der Waals surface area (Å²) < 4.78 is 15.3. The van der Waals surface area contributed by atoms with Crippen LogP contribution in [0.1, 0.15) is 12.8 Å². The highest BCUT2D eigenvalue weighted by Gasteiger charge is 2.07. The summed E-state index contributed by atoms with van der Waals surface area (Å²) in [4.78, 5) is 24.1. The molecular weight excluding hydrogens is 263 g/mol. The Balaban J connectivity index is 2.42. The minimum atomic E-state index is -0.470. The number of hydrogen-bond acceptors (Lipinski definition) is 3. The monoisotopic (exact) mass is 278 g/mol. The number of aryl methyl sites for hydroxylation is 1. The lowest BCUT2D eigenvalue weighted by atomic mass is 10.3. The van der Waals surface area contributed by atoms with E-state index in [-0.39, 0.29) is 6.61 Å². The SMILES string of the molecule is O=c1ccn(CCCCO)c(=O)n1-c1ccc(F)cc1. The fourth-order valence-electron chi connectivity index (χ4n) is 1.91. The molecule has 1 aromatic heterocycles. The summed E-state index contributed by atoms with van der Waals surface area (Å²) in [6.07, 6.45) is 2.65. The summed E-state index contributed by atoms with van der Waals surface area (Å²) in [7, 11) is 0. The van der Waals surface area contributed by atoms with Crippen molar-refractivity contribution in [2.75, 3.05) is 6.61 Å². The molecule has 0 aliphatic heterocycles. The normalized spacial score (nSPS) is 10.7. The predicted octanol–water partition coefficient (Wildman–Crippen LogP) is 0.911. The van der Waals surface area contributed by atoms with Gasteiger partial charge in [-0.2, -0.15) is 0 Å². The molecule has 0 amide bonds. The Labute approximate surface area is 114 Å². The average Bonchev–Trinajstić information content (AvgIpc) is 2.44. The van der Waals surface area contributed by atoms with Crippen molar-refractivity contribution >= 4 is 0 Å². The molecule has 0 aliphatic rings. The molecule has 0 fully saturated rings. The number of nitrogens with zero attached hydrogens (tertiary/aromatic N) is 2. The lowest BCUT2D eigenvalue weighted by molar-refractivity contribution is 0.280. The van der Waals surface area contributed by atoms with E-state index in [0.29, 0.717) is 25.1 Å². The summed E-state index contributed by atoms with van der Waals surface area (Å²) in [5.74, 6) is -0.430. The molecule has 106 valence electrons. The van der Waals surface area contributed by atoms with E-state index < -0.39 is 17.1 Å². The van der Waals surface area contributed by atoms with Gasteiger partial charge in [0.05, 0.1) is 5.69 Å². The first kappa shape index (κ1) is 14.2. The number of aromatic nitrogens is 2. The van der Waals surface area contributed by atoms with Crippen LogP contribution in [0.5, 0.6) is 0 Å². The third kappa shape index (κ3) is 3.03. The minimum absolute atomic E-state index is 0.0619. The third-order valence-electron chi connectivity index (χ3n) is 2.95. The van der Waals surface area contributed by atoms with Crippen LogP contribution in [0.4, 0.5) is 4.39 Å². The van der Waals surface area contributed by atoms with Crippen LogP contribution in [-0.2, 0) is 6.54 Å². The lowest BCUT2D eigenvalue weighted by Crippen LogP contribution is -2.37. The van der Waals surface area contributed by atoms with Gasteiger partial charge in [-0.3, -0.25) is 4.79 Å². The minimum Gasteiger partial charge on any atom is -0.396 e. The highest BCUT2D eigenvalue weighted by atomic mass is 19.1. The molecule has 0 unspecified atom stereocenters. The maximum absolute atomic E-state index is 12.9. The highest BCUT2D eigenvalue weighted by molar-refractivity contribution is 5.31. The van der Waals surface area contributed by atoms with E-state index >= 15 is 0 Å². The molecule has 1 heterocycles. The van der Waals surface area contributed by atoms with Crippen molar-refractivity contribution in [1.82, 2.24) is 9.13 Å². The van der Waals surface area contributed by atoms with Crippen molar-refractivity contribution in [1.29, 1.82) is 0 Å². The zero-order chi connectivity index (χ0) is 14.5. The Morgan fingerprint density at radius 2 is 1.75 bits per heavy atom. The summed E-state index contributed by atoms with van der Waals surface area (Å²) in [5.41, 5.74) is -0.597. The van der Waals surface area contributed by atoms with Gasteiger partial charge in [0.25, 0.3) is 5.56 Å². The van der Waals surface area contributed by atoms with Gasteiger partial charge in [0.1, 0.15) is 5.82 Å². The molecule has 5 nitrogen and oxygen atoms in total. The number of benzene rings is 1. The average molecular weight is 278 g/mol. The number of hydrogen-bond donors (Lipinski definition) is 1. The molecule has 0 spiro atoms. The van der Waals surface area contributed by atoms with Crippen LogP contribution >= 0.6 is 0 Å². The predicted molar refractivity (Wildman–Crippen MR) is 72.6 cm³/mol. The Kier molecular flexibility index (Phi) is 4.47. The van der Waals surface area contributed by atoms with Crippen molar-refractivity contribution in [2.24, 2.45) is 0 Å². The molecule has 0 atom stereocenters. The Morgan fingerprint density at radius 1 is 1.05 bits per heavy atom. The number of rotatable bonds is 5. The summed E-state index contributed by atoms with van der Waals surface area (Å²) >= 11 is 0. The van der Waals surface area contributed by atoms with Gasteiger partial charge in [0, 0.05) is 25.4 Å². The van der Waals surface area contributed by atoms with Gasteiger partial charge in [-0.25, -0.2) is 13.8 Å². The number of aliphatic hydroxyl groups excluding tert-OH is 1. The van der Waals surface area contributed by atoms with Crippen molar-refractivity contribution in [2.45, 2.75) is 19.4 Å². The summed E-state index contributed by atoms with van der Waals surface area (Å²) in [5, 5.41) is 8.74. The zero-order valence-electron chi connectivity index (χ0n) is 10.8. The van der Waals surface area contributed by atoms with Crippen LogP contribution in [-0.4, -0.2) is 20.8 Å². The van der Waals surface area contributed by atoms with Crippen LogP contribution in [0.2, 0.25) is 0 Å². The standard InChI is InChI=1S/C14H15FN2O3/c15-11-3-5-12(6-4-11)17-13(19)7-9-16(14(17)20)8-1-2-10-18/h3-7,9,18H,1-2,8,10H2.